The third-order valence-corrected chi connectivity index (χ3v) is 2.44. The van der Waals surface area contributed by atoms with Gasteiger partial charge >= 0.3 is 5.97 Å². The first-order valence-corrected chi connectivity index (χ1v) is 5.28. The molecule has 1 aromatic rings. The number of hydrogen-bond acceptors (Lipinski definition) is 3. The highest BCUT2D eigenvalue weighted by Gasteiger charge is 2.22. The van der Waals surface area contributed by atoms with Crippen LogP contribution in [0.1, 0.15) is 30.6 Å². The van der Waals surface area contributed by atoms with Crippen LogP contribution in [-0.2, 0) is 0 Å². The largest absolute Gasteiger partial charge is 0.478 e. The van der Waals surface area contributed by atoms with Crippen molar-refractivity contribution in [2.75, 3.05) is 11.9 Å². The molecule has 0 bridgehead atoms. The number of para-hydroxylation sites is 1. The Morgan fingerprint density at radius 3 is 2.65 bits per heavy atom. The number of carboxylic acid groups (broad SMARTS) is 1. The van der Waals surface area contributed by atoms with Crippen molar-refractivity contribution in [2.24, 2.45) is 0 Å². The summed E-state index contributed by atoms with van der Waals surface area (Å²) in [5.74, 6) is -1.80. The third-order valence-electron chi connectivity index (χ3n) is 2.44. The van der Waals surface area contributed by atoms with E-state index in [0.717, 1.165) is 0 Å². The van der Waals surface area contributed by atoms with Gasteiger partial charge < -0.3 is 15.5 Å². The summed E-state index contributed by atoms with van der Waals surface area (Å²) >= 11 is 0. The van der Waals surface area contributed by atoms with Gasteiger partial charge in [0.1, 0.15) is 5.82 Å². The van der Waals surface area contributed by atoms with Gasteiger partial charge in [-0.2, -0.15) is 0 Å². The summed E-state index contributed by atoms with van der Waals surface area (Å²) in [6, 6.07) is 3.88. The SMILES string of the molecule is CC(C)(CCO)Nc1c(F)cccc1C(=O)O. The Morgan fingerprint density at radius 2 is 2.12 bits per heavy atom. The van der Waals surface area contributed by atoms with Crippen molar-refractivity contribution in [2.45, 2.75) is 25.8 Å². The van der Waals surface area contributed by atoms with Crippen LogP contribution in [0.4, 0.5) is 10.1 Å². The lowest BCUT2D eigenvalue weighted by molar-refractivity contribution is 0.0697. The smallest absolute Gasteiger partial charge is 0.337 e. The lowest BCUT2D eigenvalue weighted by Gasteiger charge is -2.27. The molecule has 5 heteroatoms. The summed E-state index contributed by atoms with van der Waals surface area (Å²) in [4.78, 5) is 11.0. The zero-order valence-electron chi connectivity index (χ0n) is 9.83. The predicted molar refractivity (Wildman–Crippen MR) is 62.8 cm³/mol. The van der Waals surface area contributed by atoms with Gasteiger partial charge in [-0.1, -0.05) is 6.07 Å². The summed E-state index contributed by atoms with van der Waals surface area (Å²) in [5.41, 5.74) is -0.740. The quantitative estimate of drug-likeness (QED) is 0.738. The number of rotatable bonds is 5. The van der Waals surface area contributed by atoms with Crippen LogP contribution in [0.3, 0.4) is 0 Å². The Bertz CT molecular complexity index is 418. The lowest BCUT2D eigenvalue weighted by Crippen LogP contribution is -2.33. The van der Waals surface area contributed by atoms with Crippen LogP contribution in [0.15, 0.2) is 18.2 Å². The summed E-state index contributed by atoms with van der Waals surface area (Å²) < 4.78 is 13.6. The molecule has 0 aromatic heterocycles. The normalized spacial score (nSPS) is 11.3. The molecule has 0 saturated heterocycles. The van der Waals surface area contributed by atoms with E-state index in [1.807, 2.05) is 0 Å². The van der Waals surface area contributed by atoms with Crippen LogP contribution in [0.2, 0.25) is 0 Å². The van der Waals surface area contributed by atoms with Crippen LogP contribution in [0, 0.1) is 5.82 Å². The number of benzene rings is 1. The number of anilines is 1. The van der Waals surface area contributed by atoms with Gasteiger partial charge in [0.05, 0.1) is 11.3 Å². The first-order chi connectivity index (χ1) is 7.87. The maximum absolute atomic E-state index is 13.6. The van der Waals surface area contributed by atoms with E-state index in [2.05, 4.69) is 5.32 Å². The zero-order valence-corrected chi connectivity index (χ0v) is 9.83. The number of aromatic carboxylic acids is 1. The molecule has 0 aliphatic heterocycles. The molecular formula is C12H16FNO3. The second-order valence-corrected chi connectivity index (χ2v) is 4.45. The standard InChI is InChI=1S/C12H16FNO3/c1-12(2,6-7-15)14-10-8(11(16)17)4-3-5-9(10)13/h3-5,14-15H,6-7H2,1-2H3,(H,16,17). The monoisotopic (exact) mass is 241 g/mol. The average Bonchev–Trinajstić information content (AvgIpc) is 2.20. The molecule has 4 nitrogen and oxygen atoms in total. The number of halogens is 1. The molecule has 0 aliphatic carbocycles. The van der Waals surface area contributed by atoms with E-state index in [-0.39, 0.29) is 17.9 Å². The molecule has 0 fully saturated rings. The van der Waals surface area contributed by atoms with Crippen molar-refractivity contribution in [3.8, 4) is 0 Å². The van der Waals surface area contributed by atoms with Gasteiger partial charge in [-0.15, -0.1) is 0 Å². The zero-order chi connectivity index (χ0) is 13.1. The van der Waals surface area contributed by atoms with E-state index in [9.17, 15) is 9.18 Å². The molecule has 0 aliphatic rings. The molecule has 3 N–H and O–H groups in total. The second kappa shape index (κ2) is 5.14. The number of nitrogens with one attached hydrogen (secondary N) is 1. The molecule has 0 amide bonds. The molecule has 0 saturated carbocycles. The summed E-state index contributed by atoms with van der Waals surface area (Å²) in [6.45, 7) is 3.47. The van der Waals surface area contributed by atoms with Crippen molar-refractivity contribution >= 4 is 11.7 Å². The minimum absolute atomic E-state index is 0.0431. The van der Waals surface area contributed by atoms with E-state index >= 15 is 0 Å². The van der Waals surface area contributed by atoms with Crippen LogP contribution in [0.5, 0.6) is 0 Å². The van der Waals surface area contributed by atoms with Crippen molar-refractivity contribution in [3.05, 3.63) is 29.6 Å². The molecule has 94 valence electrons. The molecule has 0 radical (unpaired) electrons. The maximum Gasteiger partial charge on any atom is 0.337 e. The Labute approximate surface area is 99.1 Å². The van der Waals surface area contributed by atoms with Crippen molar-refractivity contribution < 1.29 is 19.4 Å². The topological polar surface area (TPSA) is 69.6 Å². The minimum atomic E-state index is -1.19. The van der Waals surface area contributed by atoms with Gasteiger partial charge in [0.15, 0.2) is 0 Å². The molecule has 0 atom stereocenters. The van der Waals surface area contributed by atoms with Gasteiger partial charge in [0, 0.05) is 12.1 Å². The van der Waals surface area contributed by atoms with Gasteiger partial charge in [0.25, 0.3) is 0 Å². The molecule has 0 unspecified atom stereocenters. The van der Waals surface area contributed by atoms with E-state index in [1.165, 1.54) is 18.2 Å². The van der Waals surface area contributed by atoms with E-state index in [0.29, 0.717) is 6.42 Å². The number of carboxylic acids is 1. The van der Waals surface area contributed by atoms with E-state index in [1.54, 1.807) is 13.8 Å². The molecule has 0 spiro atoms. The average molecular weight is 241 g/mol. The second-order valence-electron chi connectivity index (χ2n) is 4.45. The predicted octanol–water partition coefficient (Wildman–Crippen LogP) is 2.10. The van der Waals surface area contributed by atoms with Gasteiger partial charge in [-0.05, 0) is 32.4 Å². The fourth-order valence-electron chi connectivity index (χ4n) is 1.51. The summed E-state index contributed by atoms with van der Waals surface area (Å²) in [5, 5.41) is 20.7. The highest BCUT2D eigenvalue weighted by atomic mass is 19.1. The van der Waals surface area contributed by atoms with Crippen LogP contribution >= 0.6 is 0 Å². The number of hydrogen-bond donors (Lipinski definition) is 3. The third kappa shape index (κ3) is 3.42. The van der Waals surface area contributed by atoms with Crippen LogP contribution < -0.4 is 5.32 Å². The molecule has 17 heavy (non-hydrogen) atoms. The summed E-state index contributed by atoms with van der Waals surface area (Å²) in [7, 11) is 0. The molecular weight excluding hydrogens is 225 g/mol. The number of carbonyl (C=O) groups is 1. The van der Waals surface area contributed by atoms with Gasteiger partial charge in [-0.25, -0.2) is 9.18 Å². The first kappa shape index (κ1) is 13.4. The Balaban J connectivity index is 3.08. The lowest BCUT2D eigenvalue weighted by atomic mass is 9.99. The van der Waals surface area contributed by atoms with Crippen LogP contribution in [0.25, 0.3) is 0 Å². The Kier molecular flexibility index (Phi) is 4.07. The highest BCUT2D eigenvalue weighted by Crippen LogP contribution is 2.25. The molecule has 1 aromatic carbocycles. The fourth-order valence-corrected chi connectivity index (χ4v) is 1.51. The molecule has 1 rings (SSSR count). The van der Waals surface area contributed by atoms with Gasteiger partial charge in [0.2, 0.25) is 0 Å². The van der Waals surface area contributed by atoms with Crippen molar-refractivity contribution in [1.29, 1.82) is 0 Å². The minimum Gasteiger partial charge on any atom is -0.478 e. The highest BCUT2D eigenvalue weighted by molar-refractivity contribution is 5.94. The first-order valence-electron chi connectivity index (χ1n) is 5.28. The maximum atomic E-state index is 13.6. The van der Waals surface area contributed by atoms with Crippen LogP contribution in [-0.4, -0.2) is 28.3 Å². The van der Waals surface area contributed by atoms with E-state index < -0.39 is 17.3 Å². The van der Waals surface area contributed by atoms with Crippen molar-refractivity contribution in [3.63, 3.8) is 0 Å². The van der Waals surface area contributed by atoms with Crippen molar-refractivity contribution in [1.82, 2.24) is 0 Å². The Morgan fingerprint density at radius 1 is 1.47 bits per heavy atom. The fraction of sp³-hybridized carbons (Fsp3) is 0.417. The number of aliphatic hydroxyl groups excluding tert-OH is 1. The number of aliphatic hydroxyl groups is 1. The Hall–Kier alpha value is -1.62. The van der Waals surface area contributed by atoms with E-state index in [4.69, 9.17) is 10.2 Å². The van der Waals surface area contributed by atoms with Gasteiger partial charge in [-0.3, -0.25) is 0 Å². The summed E-state index contributed by atoms with van der Waals surface area (Å²) in [6.07, 6.45) is 0.389. The molecule has 0 heterocycles.